The molecule has 0 saturated heterocycles. The fourth-order valence-electron chi connectivity index (χ4n) is 3.06. The number of anilines is 1. The molecule has 2 aromatic heterocycles. The summed E-state index contributed by atoms with van der Waals surface area (Å²) in [6, 6.07) is 10.5. The molecular weight excluding hydrogens is 491 g/mol. The van der Waals surface area contributed by atoms with Crippen LogP contribution in [0.1, 0.15) is 26.3 Å². The van der Waals surface area contributed by atoms with Gasteiger partial charge in [0.2, 0.25) is 0 Å². The predicted octanol–water partition coefficient (Wildman–Crippen LogP) is 2.93. The summed E-state index contributed by atoms with van der Waals surface area (Å²) in [7, 11) is 1.87. The zero-order valence-corrected chi connectivity index (χ0v) is 20.3. The minimum absolute atomic E-state index is 0. The van der Waals surface area contributed by atoms with Crippen LogP contribution in [0.15, 0.2) is 47.8 Å². The van der Waals surface area contributed by atoms with Crippen molar-refractivity contribution in [3.63, 3.8) is 0 Å². The third kappa shape index (κ3) is 6.04. The minimum Gasteiger partial charge on any atom is -0.368 e. The molecule has 0 atom stereocenters. The molecule has 0 spiro atoms. The molecule has 0 radical (unpaired) electrons. The third-order valence-corrected chi connectivity index (χ3v) is 4.77. The van der Waals surface area contributed by atoms with E-state index in [9.17, 15) is 0 Å². The number of aromatic nitrogens is 4. The topological polar surface area (TPSA) is 92.1 Å². The maximum Gasteiger partial charge on any atom is 0.191 e. The average molecular weight is 522 g/mol. The highest BCUT2D eigenvalue weighted by molar-refractivity contribution is 14.0. The number of aryl methyl sites for hydroxylation is 1. The first-order valence-corrected chi connectivity index (χ1v) is 9.95. The van der Waals surface area contributed by atoms with Crippen LogP contribution in [0.4, 0.5) is 5.82 Å². The Balaban J connectivity index is 0.00000320. The minimum atomic E-state index is -0.0330. The quantitative estimate of drug-likeness (QED) is 0.183. The molecule has 0 fully saturated rings. The summed E-state index contributed by atoms with van der Waals surface area (Å²) in [6.45, 7) is 9.42. The highest BCUT2D eigenvalue weighted by atomic mass is 127. The van der Waals surface area contributed by atoms with Crippen LogP contribution in [-0.4, -0.2) is 51.9 Å². The van der Waals surface area contributed by atoms with Crippen molar-refractivity contribution in [2.24, 2.45) is 12.0 Å². The number of nitrogens with zero attached hydrogens (tertiary/aromatic N) is 5. The Labute approximate surface area is 195 Å². The van der Waals surface area contributed by atoms with E-state index in [2.05, 4.69) is 76.1 Å². The molecule has 9 heteroatoms. The van der Waals surface area contributed by atoms with E-state index in [0.717, 1.165) is 29.4 Å². The van der Waals surface area contributed by atoms with Gasteiger partial charge in [0.1, 0.15) is 12.1 Å². The lowest BCUT2D eigenvalue weighted by Gasteiger charge is -2.24. The van der Waals surface area contributed by atoms with Crippen molar-refractivity contribution in [3.8, 4) is 0 Å². The Hall–Kier alpha value is -2.43. The Morgan fingerprint density at radius 3 is 2.60 bits per heavy atom. The molecule has 162 valence electrons. The summed E-state index contributed by atoms with van der Waals surface area (Å²) < 4.78 is 1.74. The van der Waals surface area contributed by atoms with Crippen LogP contribution in [0.25, 0.3) is 11.0 Å². The van der Waals surface area contributed by atoms with Crippen LogP contribution >= 0.6 is 24.0 Å². The summed E-state index contributed by atoms with van der Waals surface area (Å²) in [5.74, 6) is 1.60. The Bertz CT molecular complexity index is 952. The van der Waals surface area contributed by atoms with Crippen molar-refractivity contribution >= 4 is 46.8 Å². The van der Waals surface area contributed by atoms with Gasteiger partial charge in [-0.25, -0.2) is 9.97 Å². The molecule has 30 heavy (non-hydrogen) atoms. The molecule has 0 aliphatic heterocycles. The summed E-state index contributed by atoms with van der Waals surface area (Å²) in [6.07, 6.45) is 3.33. The largest absolute Gasteiger partial charge is 0.368 e. The predicted molar refractivity (Wildman–Crippen MR) is 134 cm³/mol. The van der Waals surface area contributed by atoms with Gasteiger partial charge in [-0.05, 0) is 12.5 Å². The molecular formula is C21H31IN8. The van der Waals surface area contributed by atoms with Crippen LogP contribution in [0, 0.1) is 0 Å². The van der Waals surface area contributed by atoms with Crippen molar-refractivity contribution in [2.75, 3.05) is 31.5 Å². The highest BCUT2D eigenvalue weighted by Crippen LogP contribution is 2.23. The van der Waals surface area contributed by atoms with Crippen molar-refractivity contribution in [1.29, 1.82) is 0 Å². The number of guanidine groups is 1. The fraction of sp³-hybridized carbons (Fsp3) is 0.429. The number of nitrogens with one attached hydrogen (secondary N) is 3. The van der Waals surface area contributed by atoms with Crippen LogP contribution in [-0.2, 0) is 12.5 Å². The lowest BCUT2D eigenvalue weighted by Crippen LogP contribution is -2.40. The number of fused-ring (bicyclic) bond motifs is 1. The lowest BCUT2D eigenvalue weighted by atomic mass is 9.85. The van der Waals surface area contributed by atoms with Gasteiger partial charge in [-0.3, -0.25) is 9.67 Å². The molecule has 0 unspecified atom stereocenters. The molecule has 3 aromatic rings. The SMILES string of the molecule is CCNC(=NCC(C)(C)c1ccccc1)NCCNc1ncnc2c1cnn2C.I. The van der Waals surface area contributed by atoms with Gasteiger partial charge in [-0.15, -0.1) is 24.0 Å². The Morgan fingerprint density at radius 1 is 1.10 bits per heavy atom. The fourth-order valence-corrected chi connectivity index (χ4v) is 3.06. The normalized spacial score (nSPS) is 11.8. The van der Waals surface area contributed by atoms with Crippen molar-refractivity contribution in [2.45, 2.75) is 26.2 Å². The van der Waals surface area contributed by atoms with E-state index in [4.69, 9.17) is 4.99 Å². The van der Waals surface area contributed by atoms with E-state index in [1.807, 2.05) is 13.1 Å². The molecule has 0 saturated carbocycles. The van der Waals surface area contributed by atoms with Crippen LogP contribution in [0.3, 0.4) is 0 Å². The molecule has 0 amide bonds. The van der Waals surface area contributed by atoms with E-state index >= 15 is 0 Å². The van der Waals surface area contributed by atoms with Gasteiger partial charge >= 0.3 is 0 Å². The monoisotopic (exact) mass is 522 g/mol. The van der Waals surface area contributed by atoms with Crippen LogP contribution < -0.4 is 16.0 Å². The highest BCUT2D eigenvalue weighted by Gasteiger charge is 2.20. The van der Waals surface area contributed by atoms with E-state index in [1.165, 1.54) is 5.56 Å². The van der Waals surface area contributed by atoms with Gasteiger partial charge in [0, 0.05) is 32.1 Å². The molecule has 0 aliphatic carbocycles. The van der Waals surface area contributed by atoms with Gasteiger partial charge in [-0.1, -0.05) is 44.2 Å². The van der Waals surface area contributed by atoms with Gasteiger partial charge in [0.05, 0.1) is 18.1 Å². The second-order valence-corrected chi connectivity index (χ2v) is 7.53. The number of aliphatic imine (C=N–C) groups is 1. The van der Waals surface area contributed by atoms with Gasteiger partial charge in [-0.2, -0.15) is 5.10 Å². The number of halogens is 1. The van der Waals surface area contributed by atoms with Gasteiger partial charge in [0.25, 0.3) is 0 Å². The maximum atomic E-state index is 4.79. The molecule has 8 nitrogen and oxygen atoms in total. The molecule has 1 aromatic carbocycles. The molecule has 0 bridgehead atoms. The maximum absolute atomic E-state index is 4.79. The number of hydrogen-bond donors (Lipinski definition) is 3. The van der Waals surface area contributed by atoms with E-state index in [-0.39, 0.29) is 29.4 Å². The summed E-state index contributed by atoms with van der Waals surface area (Å²) in [5, 5.41) is 15.2. The number of hydrogen-bond acceptors (Lipinski definition) is 5. The van der Waals surface area contributed by atoms with E-state index in [0.29, 0.717) is 19.6 Å². The third-order valence-electron chi connectivity index (χ3n) is 4.77. The first kappa shape index (κ1) is 23.8. The lowest BCUT2D eigenvalue weighted by molar-refractivity contribution is 0.537. The van der Waals surface area contributed by atoms with Crippen LogP contribution in [0.5, 0.6) is 0 Å². The zero-order valence-electron chi connectivity index (χ0n) is 18.0. The molecule has 3 rings (SSSR count). The second-order valence-electron chi connectivity index (χ2n) is 7.53. The first-order valence-electron chi connectivity index (χ1n) is 9.95. The Morgan fingerprint density at radius 2 is 1.87 bits per heavy atom. The summed E-state index contributed by atoms with van der Waals surface area (Å²) in [5.41, 5.74) is 2.06. The van der Waals surface area contributed by atoms with E-state index in [1.54, 1.807) is 17.2 Å². The molecule has 0 aliphatic rings. The smallest absolute Gasteiger partial charge is 0.191 e. The van der Waals surface area contributed by atoms with Gasteiger partial charge < -0.3 is 16.0 Å². The first-order chi connectivity index (χ1) is 14.0. The van der Waals surface area contributed by atoms with Crippen molar-refractivity contribution < 1.29 is 0 Å². The van der Waals surface area contributed by atoms with Gasteiger partial charge in [0.15, 0.2) is 11.6 Å². The standard InChI is InChI=1S/C21H30N8.HI/c1-5-22-20(25-14-21(2,3)16-9-7-6-8-10-16)24-12-11-23-18-17-13-28-29(4)19(17)27-15-26-18;/h6-10,13,15H,5,11-12,14H2,1-4H3,(H2,22,24,25)(H,23,26,27);1H. The van der Waals surface area contributed by atoms with Crippen molar-refractivity contribution in [1.82, 2.24) is 30.4 Å². The number of rotatable bonds is 8. The number of benzene rings is 1. The average Bonchev–Trinajstić information content (AvgIpc) is 3.12. The zero-order chi connectivity index (χ0) is 20.7. The van der Waals surface area contributed by atoms with Crippen molar-refractivity contribution in [3.05, 3.63) is 48.4 Å². The summed E-state index contributed by atoms with van der Waals surface area (Å²) in [4.78, 5) is 13.4. The summed E-state index contributed by atoms with van der Waals surface area (Å²) >= 11 is 0. The van der Waals surface area contributed by atoms with Crippen LogP contribution in [0.2, 0.25) is 0 Å². The van der Waals surface area contributed by atoms with E-state index < -0.39 is 0 Å². The second kappa shape index (κ2) is 11.1. The molecule has 3 N–H and O–H groups in total. The molecule has 2 heterocycles. The Kier molecular flexibility index (Phi) is 8.82.